The van der Waals surface area contributed by atoms with Crippen molar-refractivity contribution >= 4 is 23.5 Å². The molecule has 166 valence electrons. The summed E-state index contributed by atoms with van der Waals surface area (Å²) in [5.74, 6) is 0.676. The molecule has 4 rings (SSSR count). The fourth-order valence-corrected chi connectivity index (χ4v) is 3.66. The highest BCUT2D eigenvalue weighted by Crippen LogP contribution is 2.39. The number of para-hydroxylation sites is 1. The minimum absolute atomic E-state index is 0.348. The predicted molar refractivity (Wildman–Crippen MR) is 120 cm³/mol. The van der Waals surface area contributed by atoms with E-state index < -0.39 is 12.0 Å². The highest BCUT2D eigenvalue weighted by molar-refractivity contribution is 6.30. The number of allylic oxidation sites excluding steroid dienone is 1. The topological polar surface area (TPSA) is 91.2 Å². The van der Waals surface area contributed by atoms with Crippen molar-refractivity contribution in [3.05, 3.63) is 76.0 Å². The van der Waals surface area contributed by atoms with Crippen molar-refractivity contribution in [2.45, 2.75) is 39.3 Å². The van der Waals surface area contributed by atoms with Gasteiger partial charge in [-0.1, -0.05) is 60.4 Å². The average Bonchev–Trinajstić information content (AvgIpc) is 3.26. The lowest BCUT2D eigenvalue weighted by Crippen LogP contribution is -2.30. The number of anilines is 1. The number of hydrogen-bond donors (Lipinski definition) is 1. The van der Waals surface area contributed by atoms with Gasteiger partial charge in [-0.05, 0) is 47.5 Å². The molecule has 0 saturated carbocycles. The molecule has 0 saturated heterocycles. The fraction of sp³-hybridized carbons (Fsp3) is 0.304. The molecule has 0 fully saturated rings. The predicted octanol–water partition coefficient (Wildman–Crippen LogP) is 4.54. The average molecular weight is 454 g/mol. The molecule has 8 nitrogen and oxygen atoms in total. The van der Waals surface area contributed by atoms with Crippen molar-refractivity contribution in [1.82, 2.24) is 20.2 Å². The van der Waals surface area contributed by atoms with Crippen molar-refractivity contribution in [1.29, 1.82) is 0 Å². The first kappa shape index (κ1) is 21.8. The van der Waals surface area contributed by atoms with Crippen LogP contribution in [-0.2, 0) is 16.1 Å². The van der Waals surface area contributed by atoms with Crippen LogP contribution in [0.25, 0.3) is 0 Å². The summed E-state index contributed by atoms with van der Waals surface area (Å²) in [4.78, 5) is 13.1. The van der Waals surface area contributed by atoms with Gasteiger partial charge in [0.1, 0.15) is 18.4 Å². The number of carbonyl (C=O) groups is 1. The van der Waals surface area contributed by atoms with Gasteiger partial charge in [-0.3, -0.25) is 0 Å². The molecule has 0 aliphatic carbocycles. The number of rotatable bonds is 8. The maximum Gasteiger partial charge on any atom is 0.338 e. The van der Waals surface area contributed by atoms with Crippen molar-refractivity contribution in [3.8, 4) is 5.75 Å². The zero-order chi connectivity index (χ0) is 22.5. The first-order valence-corrected chi connectivity index (χ1v) is 10.8. The number of aromatic nitrogens is 4. The van der Waals surface area contributed by atoms with Crippen LogP contribution in [0.3, 0.4) is 0 Å². The monoisotopic (exact) mass is 453 g/mol. The zero-order valence-corrected chi connectivity index (χ0v) is 18.7. The van der Waals surface area contributed by atoms with Gasteiger partial charge in [0.15, 0.2) is 0 Å². The Hall–Kier alpha value is -3.39. The van der Waals surface area contributed by atoms with Crippen LogP contribution in [0.2, 0.25) is 5.02 Å². The third-order valence-electron chi connectivity index (χ3n) is 5.19. The molecule has 2 heterocycles. The van der Waals surface area contributed by atoms with E-state index in [0.29, 0.717) is 41.2 Å². The molecular formula is C23H24ClN5O3. The summed E-state index contributed by atoms with van der Waals surface area (Å²) < 4.78 is 13.3. The lowest BCUT2D eigenvalue weighted by Gasteiger charge is -2.28. The van der Waals surface area contributed by atoms with Crippen LogP contribution >= 0.6 is 11.6 Å². The maximum absolute atomic E-state index is 13.1. The van der Waals surface area contributed by atoms with Crippen LogP contribution in [0, 0.1) is 0 Å². The molecule has 0 spiro atoms. The molecule has 0 bridgehead atoms. The van der Waals surface area contributed by atoms with Gasteiger partial charge in [0.25, 0.3) is 0 Å². The zero-order valence-electron chi connectivity index (χ0n) is 17.9. The number of nitrogens with zero attached hydrogens (tertiary/aromatic N) is 4. The fourth-order valence-electron chi connectivity index (χ4n) is 3.53. The summed E-state index contributed by atoms with van der Waals surface area (Å²) >= 11 is 5.98. The first-order chi connectivity index (χ1) is 15.6. The van der Waals surface area contributed by atoms with Crippen LogP contribution in [-0.4, -0.2) is 32.8 Å². The molecule has 1 aliphatic heterocycles. The van der Waals surface area contributed by atoms with Gasteiger partial charge in [0.05, 0.1) is 12.2 Å². The lowest BCUT2D eigenvalue weighted by molar-refractivity contribution is -0.139. The molecule has 2 aromatic carbocycles. The molecule has 1 unspecified atom stereocenters. The van der Waals surface area contributed by atoms with Gasteiger partial charge in [0, 0.05) is 16.3 Å². The van der Waals surface area contributed by atoms with Crippen LogP contribution in [0.15, 0.2) is 59.8 Å². The van der Waals surface area contributed by atoms with Crippen molar-refractivity contribution < 1.29 is 14.3 Å². The Kier molecular flexibility index (Phi) is 6.70. The summed E-state index contributed by atoms with van der Waals surface area (Å²) in [7, 11) is 0. The Morgan fingerprint density at radius 2 is 1.97 bits per heavy atom. The number of ether oxygens (including phenoxy) is 2. The van der Waals surface area contributed by atoms with Crippen molar-refractivity contribution in [3.63, 3.8) is 0 Å². The summed E-state index contributed by atoms with van der Waals surface area (Å²) in [6, 6.07) is 14.4. The van der Waals surface area contributed by atoms with Gasteiger partial charge in [-0.2, -0.15) is 4.68 Å². The van der Waals surface area contributed by atoms with Gasteiger partial charge in [-0.25, -0.2) is 4.79 Å². The Morgan fingerprint density at radius 3 is 2.75 bits per heavy atom. The maximum atomic E-state index is 13.1. The molecule has 9 heteroatoms. The standard InChI is InChI=1S/C23H24ClN5O3/c1-3-4-13-31-22(30)20-15(2)25-23-26-27-28-29(23)21(20)18-7-5-6-8-19(18)32-14-16-9-11-17(24)12-10-16/h5-12,21H,3-4,13-14H2,1-2H3,(H,25,26,28). The number of tetrazole rings is 1. The molecule has 1 aliphatic rings. The Morgan fingerprint density at radius 1 is 1.19 bits per heavy atom. The Bertz CT molecular complexity index is 1130. The number of unbranched alkanes of at least 4 members (excludes halogenated alkanes) is 1. The number of nitrogens with one attached hydrogen (secondary N) is 1. The smallest absolute Gasteiger partial charge is 0.338 e. The highest BCUT2D eigenvalue weighted by atomic mass is 35.5. The molecule has 1 N–H and O–H groups in total. The molecule has 0 amide bonds. The second-order valence-corrected chi connectivity index (χ2v) is 7.89. The van der Waals surface area contributed by atoms with E-state index in [4.69, 9.17) is 21.1 Å². The number of esters is 1. The minimum atomic E-state index is -0.586. The summed E-state index contributed by atoms with van der Waals surface area (Å²) in [5, 5.41) is 15.7. The first-order valence-electron chi connectivity index (χ1n) is 10.5. The molecule has 1 aromatic heterocycles. The van der Waals surface area contributed by atoms with Gasteiger partial charge in [0.2, 0.25) is 5.95 Å². The number of halogens is 1. The van der Waals surface area contributed by atoms with Crippen LogP contribution in [0.4, 0.5) is 5.95 Å². The van der Waals surface area contributed by atoms with E-state index in [1.54, 1.807) is 4.68 Å². The molecule has 32 heavy (non-hydrogen) atoms. The third kappa shape index (κ3) is 4.60. The molecule has 0 radical (unpaired) electrons. The Balaban J connectivity index is 1.68. The van der Waals surface area contributed by atoms with Crippen LogP contribution < -0.4 is 10.1 Å². The van der Waals surface area contributed by atoms with E-state index in [1.165, 1.54) is 0 Å². The molecule has 1 atom stereocenters. The van der Waals surface area contributed by atoms with Gasteiger partial charge in [-0.15, -0.1) is 0 Å². The number of hydrogen-bond acceptors (Lipinski definition) is 7. The van der Waals surface area contributed by atoms with Crippen LogP contribution in [0.5, 0.6) is 5.75 Å². The summed E-state index contributed by atoms with van der Waals surface area (Å²) in [6.07, 6.45) is 1.73. The van der Waals surface area contributed by atoms with E-state index in [-0.39, 0.29) is 0 Å². The summed E-state index contributed by atoms with van der Waals surface area (Å²) in [5.41, 5.74) is 2.83. The third-order valence-corrected chi connectivity index (χ3v) is 5.44. The number of benzene rings is 2. The summed E-state index contributed by atoms with van der Waals surface area (Å²) in [6.45, 7) is 4.57. The van der Waals surface area contributed by atoms with E-state index >= 15 is 0 Å². The quantitative estimate of drug-likeness (QED) is 0.395. The second-order valence-electron chi connectivity index (χ2n) is 7.46. The largest absolute Gasteiger partial charge is 0.489 e. The number of fused-ring (bicyclic) bond motifs is 1. The number of carbonyl (C=O) groups excluding carboxylic acids is 1. The van der Waals surface area contributed by atoms with E-state index in [2.05, 4.69) is 20.8 Å². The second kappa shape index (κ2) is 9.82. The van der Waals surface area contributed by atoms with Crippen molar-refractivity contribution in [2.24, 2.45) is 0 Å². The van der Waals surface area contributed by atoms with Crippen molar-refractivity contribution in [2.75, 3.05) is 11.9 Å². The van der Waals surface area contributed by atoms with Gasteiger partial charge < -0.3 is 14.8 Å². The Labute approximate surface area is 191 Å². The highest BCUT2D eigenvalue weighted by Gasteiger charge is 2.36. The van der Waals surface area contributed by atoms with E-state index in [9.17, 15) is 4.79 Å². The minimum Gasteiger partial charge on any atom is -0.489 e. The normalized spacial score (nSPS) is 15.2. The molecule has 3 aromatic rings. The lowest BCUT2D eigenvalue weighted by atomic mass is 9.95. The van der Waals surface area contributed by atoms with Crippen LogP contribution in [0.1, 0.15) is 43.9 Å². The van der Waals surface area contributed by atoms with E-state index in [1.807, 2.05) is 62.4 Å². The van der Waals surface area contributed by atoms with E-state index in [0.717, 1.165) is 24.0 Å². The molecular weight excluding hydrogens is 430 g/mol. The van der Waals surface area contributed by atoms with Gasteiger partial charge >= 0.3 is 5.97 Å². The SMILES string of the molecule is CCCCOC(=O)C1=C(C)Nc2nnnn2C1c1ccccc1OCc1ccc(Cl)cc1.